The van der Waals surface area contributed by atoms with Crippen LogP contribution in [0.1, 0.15) is 37.5 Å². The Bertz CT molecular complexity index is 915. The van der Waals surface area contributed by atoms with Crippen molar-refractivity contribution in [2.45, 2.75) is 53.2 Å². The summed E-state index contributed by atoms with van der Waals surface area (Å²) in [6.45, 7) is 9.36. The number of nitrogens with zero attached hydrogens (tertiary/aromatic N) is 1. The van der Waals surface area contributed by atoms with Gasteiger partial charge in [-0.1, -0.05) is 41.4 Å². The van der Waals surface area contributed by atoms with E-state index in [4.69, 9.17) is 27.9 Å². The first-order chi connectivity index (χ1) is 14.1. The SMILES string of the molecule is Cc1ccc(C)c(OCC(=O)N(Cc2ccc(Cl)c(Cl)c2)[C@@H](C)C(=O)NC(C)C)c1. The van der Waals surface area contributed by atoms with Gasteiger partial charge in [0.05, 0.1) is 10.0 Å². The minimum Gasteiger partial charge on any atom is -0.483 e. The van der Waals surface area contributed by atoms with E-state index in [1.54, 1.807) is 25.1 Å². The summed E-state index contributed by atoms with van der Waals surface area (Å²) in [5, 5.41) is 3.68. The van der Waals surface area contributed by atoms with Crippen LogP contribution in [0, 0.1) is 13.8 Å². The number of nitrogens with one attached hydrogen (secondary N) is 1. The molecule has 2 aromatic rings. The maximum Gasteiger partial charge on any atom is 0.261 e. The largest absolute Gasteiger partial charge is 0.483 e. The summed E-state index contributed by atoms with van der Waals surface area (Å²) in [6.07, 6.45) is 0. The average molecular weight is 451 g/mol. The van der Waals surface area contributed by atoms with E-state index in [9.17, 15) is 9.59 Å². The summed E-state index contributed by atoms with van der Waals surface area (Å²) < 4.78 is 5.78. The van der Waals surface area contributed by atoms with Gasteiger partial charge in [0.1, 0.15) is 11.8 Å². The van der Waals surface area contributed by atoms with Crippen molar-refractivity contribution in [1.82, 2.24) is 10.2 Å². The van der Waals surface area contributed by atoms with Gasteiger partial charge in [-0.05, 0) is 69.5 Å². The van der Waals surface area contributed by atoms with Gasteiger partial charge in [0.15, 0.2) is 6.61 Å². The molecule has 0 radical (unpaired) electrons. The van der Waals surface area contributed by atoms with Gasteiger partial charge in [0, 0.05) is 12.6 Å². The molecule has 7 heteroatoms. The molecule has 1 atom stereocenters. The zero-order chi connectivity index (χ0) is 22.4. The molecule has 162 valence electrons. The highest BCUT2D eigenvalue weighted by molar-refractivity contribution is 6.42. The van der Waals surface area contributed by atoms with E-state index in [1.165, 1.54) is 4.90 Å². The molecule has 2 rings (SSSR count). The Labute approximate surface area is 188 Å². The molecule has 30 heavy (non-hydrogen) atoms. The number of carbonyl (C=O) groups is 2. The standard InChI is InChI=1S/C23H28Cl2N2O3/c1-14(2)26-23(29)17(5)27(12-18-8-9-19(24)20(25)11-18)22(28)13-30-21-10-15(3)6-7-16(21)4/h6-11,14,17H,12-13H2,1-5H3,(H,26,29)/t17-/m0/s1. The summed E-state index contributed by atoms with van der Waals surface area (Å²) in [4.78, 5) is 27.1. The topological polar surface area (TPSA) is 58.6 Å². The summed E-state index contributed by atoms with van der Waals surface area (Å²) in [6, 6.07) is 10.3. The number of ether oxygens (including phenoxy) is 1. The van der Waals surface area contributed by atoms with E-state index in [-0.39, 0.29) is 31.0 Å². The van der Waals surface area contributed by atoms with Crippen molar-refractivity contribution in [3.8, 4) is 5.75 Å². The van der Waals surface area contributed by atoms with E-state index < -0.39 is 6.04 Å². The fraction of sp³-hybridized carbons (Fsp3) is 0.391. The molecule has 0 fully saturated rings. The number of aryl methyl sites for hydroxylation is 2. The molecule has 0 aliphatic heterocycles. The number of hydrogen-bond acceptors (Lipinski definition) is 3. The van der Waals surface area contributed by atoms with E-state index in [2.05, 4.69) is 5.32 Å². The maximum absolute atomic E-state index is 13.1. The van der Waals surface area contributed by atoms with Crippen molar-refractivity contribution in [2.24, 2.45) is 0 Å². The van der Waals surface area contributed by atoms with Crippen LogP contribution in [0.15, 0.2) is 36.4 Å². The molecule has 0 aliphatic carbocycles. The van der Waals surface area contributed by atoms with Crippen molar-refractivity contribution in [3.05, 3.63) is 63.1 Å². The van der Waals surface area contributed by atoms with Gasteiger partial charge in [-0.25, -0.2) is 0 Å². The third-order valence-electron chi connectivity index (χ3n) is 4.63. The minimum absolute atomic E-state index is 0.0342. The summed E-state index contributed by atoms with van der Waals surface area (Å²) in [5.41, 5.74) is 2.75. The third kappa shape index (κ3) is 6.64. The highest BCUT2D eigenvalue weighted by atomic mass is 35.5. The number of amides is 2. The molecule has 0 heterocycles. The molecule has 0 bridgehead atoms. The van der Waals surface area contributed by atoms with Crippen LogP contribution < -0.4 is 10.1 Å². The Kier molecular flexibility index (Phi) is 8.56. The molecule has 0 unspecified atom stereocenters. The van der Waals surface area contributed by atoms with Gasteiger partial charge in [-0.3, -0.25) is 9.59 Å². The second-order valence-electron chi connectivity index (χ2n) is 7.67. The normalized spacial score (nSPS) is 11.9. The second-order valence-corrected chi connectivity index (χ2v) is 8.48. The lowest BCUT2D eigenvalue weighted by Crippen LogP contribution is -2.50. The molecule has 1 N–H and O–H groups in total. The van der Waals surface area contributed by atoms with Crippen molar-refractivity contribution >= 4 is 35.0 Å². The summed E-state index contributed by atoms with van der Waals surface area (Å²) >= 11 is 12.1. The summed E-state index contributed by atoms with van der Waals surface area (Å²) in [5.74, 6) is 0.121. The Morgan fingerprint density at radius 3 is 2.37 bits per heavy atom. The highest BCUT2D eigenvalue weighted by Crippen LogP contribution is 2.24. The predicted molar refractivity (Wildman–Crippen MR) is 121 cm³/mol. The van der Waals surface area contributed by atoms with Crippen LogP contribution in [0.25, 0.3) is 0 Å². The number of benzene rings is 2. The molecular weight excluding hydrogens is 423 g/mol. The van der Waals surface area contributed by atoms with Gasteiger partial charge < -0.3 is 15.0 Å². The lowest BCUT2D eigenvalue weighted by molar-refractivity contribution is -0.142. The average Bonchev–Trinajstić information content (AvgIpc) is 2.68. The van der Waals surface area contributed by atoms with E-state index in [1.807, 2.05) is 45.9 Å². The van der Waals surface area contributed by atoms with Crippen molar-refractivity contribution < 1.29 is 14.3 Å². The fourth-order valence-electron chi connectivity index (χ4n) is 2.91. The lowest BCUT2D eigenvalue weighted by atomic mass is 10.1. The predicted octanol–water partition coefficient (Wildman–Crippen LogP) is 4.93. The third-order valence-corrected chi connectivity index (χ3v) is 5.37. The van der Waals surface area contributed by atoms with Crippen molar-refractivity contribution in [1.29, 1.82) is 0 Å². The zero-order valence-corrected chi connectivity index (χ0v) is 19.5. The van der Waals surface area contributed by atoms with Crippen molar-refractivity contribution in [3.63, 3.8) is 0 Å². The first kappa shape index (κ1) is 24.0. The molecular formula is C23H28Cl2N2O3. The number of rotatable bonds is 8. The van der Waals surface area contributed by atoms with E-state index in [0.717, 1.165) is 16.7 Å². The Morgan fingerprint density at radius 1 is 1.03 bits per heavy atom. The molecule has 2 amide bonds. The first-order valence-electron chi connectivity index (χ1n) is 9.82. The molecule has 0 aromatic heterocycles. The number of carbonyl (C=O) groups excluding carboxylic acids is 2. The van der Waals surface area contributed by atoms with E-state index >= 15 is 0 Å². The van der Waals surface area contributed by atoms with Crippen LogP contribution in [0.5, 0.6) is 5.75 Å². The van der Waals surface area contributed by atoms with Gasteiger partial charge in [-0.15, -0.1) is 0 Å². The highest BCUT2D eigenvalue weighted by Gasteiger charge is 2.27. The monoisotopic (exact) mass is 450 g/mol. The smallest absolute Gasteiger partial charge is 0.261 e. The quantitative estimate of drug-likeness (QED) is 0.619. The zero-order valence-electron chi connectivity index (χ0n) is 18.0. The van der Waals surface area contributed by atoms with Crippen LogP contribution in [-0.2, 0) is 16.1 Å². The van der Waals surface area contributed by atoms with E-state index in [0.29, 0.717) is 15.8 Å². The molecule has 0 aliphatic rings. The Morgan fingerprint density at radius 2 is 1.73 bits per heavy atom. The van der Waals surface area contributed by atoms with Crippen molar-refractivity contribution in [2.75, 3.05) is 6.61 Å². The number of halogens is 2. The second kappa shape index (κ2) is 10.7. The molecule has 2 aromatic carbocycles. The van der Waals surface area contributed by atoms with Gasteiger partial charge in [0.2, 0.25) is 5.91 Å². The Hall–Kier alpha value is -2.24. The number of hydrogen-bond donors (Lipinski definition) is 1. The van der Waals surface area contributed by atoms with Gasteiger partial charge >= 0.3 is 0 Å². The van der Waals surface area contributed by atoms with Crippen LogP contribution in [0.3, 0.4) is 0 Å². The molecule has 0 saturated heterocycles. The lowest BCUT2D eigenvalue weighted by Gasteiger charge is -2.29. The van der Waals surface area contributed by atoms with Crippen LogP contribution >= 0.6 is 23.2 Å². The minimum atomic E-state index is -0.684. The summed E-state index contributed by atoms with van der Waals surface area (Å²) in [7, 11) is 0. The molecule has 5 nitrogen and oxygen atoms in total. The van der Waals surface area contributed by atoms with Crippen LogP contribution in [0.4, 0.5) is 0 Å². The van der Waals surface area contributed by atoms with Gasteiger partial charge in [-0.2, -0.15) is 0 Å². The fourth-order valence-corrected chi connectivity index (χ4v) is 3.23. The first-order valence-corrected chi connectivity index (χ1v) is 10.6. The maximum atomic E-state index is 13.1. The van der Waals surface area contributed by atoms with Crippen LogP contribution in [-0.4, -0.2) is 35.4 Å². The van der Waals surface area contributed by atoms with Crippen LogP contribution in [0.2, 0.25) is 10.0 Å². The molecule has 0 spiro atoms. The van der Waals surface area contributed by atoms with Gasteiger partial charge in [0.25, 0.3) is 5.91 Å². The Balaban J connectivity index is 2.22. The molecule has 0 saturated carbocycles.